The third-order valence-corrected chi connectivity index (χ3v) is 6.59. The Hall–Kier alpha value is -3.99. The maximum Gasteiger partial charge on any atom is 0.312 e. The number of nitrogens with one attached hydrogen (secondary N) is 1. The molecular formula is C22H14F2N6O2S. The third kappa shape index (κ3) is 3.28. The summed E-state index contributed by atoms with van der Waals surface area (Å²) in [6, 6.07) is 10.2. The number of para-hydroxylation sites is 1. The van der Waals surface area contributed by atoms with Crippen LogP contribution in [0, 0.1) is 11.6 Å². The first-order valence-electron chi connectivity index (χ1n) is 10.1. The topological polar surface area (TPSA) is 101 Å². The second-order valence-corrected chi connectivity index (χ2v) is 8.54. The van der Waals surface area contributed by atoms with Crippen LogP contribution in [0.25, 0.3) is 21.7 Å². The average molecular weight is 464 g/mol. The number of carbonyl (C=O) groups is 1. The Kier molecular flexibility index (Phi) is 4.50. The molecule has 2 aromatic carbocycles. The van der Waals surface area contributed by atoms with Crippen molar-refractivity contribution in [2.45, 2.75) is 12.5 Å². The van der Waals surface area contributed by atoms with E-state index in [9.17, 15) is 13.6 Å². The summed E-state index contributed by atoms with van der Waals surface area (Å²) < 4.78 is 33.9. The van der Waals surface area contributed by atoms with Crippen LogP contribution < -0.4 is 0 Å². The van der Waals surface area contributed by atoms with Crippen LogP contribution in [0.3, 0.4) is 0 Å². The fourth-order valence-corrected chi connectivity index (χ4v) is 5.04. The molecule has 6 rings (SSSR count). The van der Waals surface area contributed by atoms with E-state index in [1.54, 1.807) is 11.2 Å². The van der Waals surface area contributed by atoms with E-state index in [0.717, 1.165) is 22.0 Å². The minimum Gasteiger partial charge on any atom is -0.412 e. The van der Waals surface area contributed by atoms with Crippen LogP contribution in [0.15, 0.2) is 53.2 Å². The number of imidazole rings is 1. The molecule has 11 heteroatoms. The molecule has 0 radical (unpaired) electrons. The normalized spacial score (nSPS) is 15.7. The summed E-state index contributed by atoms with van der Waals surface area (Å²) in [5, 5.41) is 8.34. The Morgan fingerprint density at radius 2 is 2.06 bits per heavy atom. The lowest BCUT2D eigenvalue weighted by Gasteiger charge is -2.32. The van der Waals surface area contributed by atoms with Crippen molar-refractivity contribution in [3.05, 3.63) is 82.7 Å². The first-order valence-corrected chi connectivity index (χ1v) is 10.9. The number of fused-ring (bicyclic) bond motifs is 2. The summed E-state index contributed by atoms with van der Waals surface area (Å²) in [7, 11) is 0. The lowest BCUT2D eigenvalue weighted by atomic mass is 10.0. The second-order valence-electron chi connectivity index (χ2n) is 7.47. The van der Waals surface area contributed by atoms with E-state index in [2.05, 4.69) is 20.2 Å². The Morgan fingerprint density at radius 1 is 1.18 bits per heavy atom. The van der Waals surface area contributed by atoms with Crippen molar-refractivity contribution < 1.29 is 18.0 Å². The zero-order valence-electron chi connectivity index (χ0n) is 16.8. The number of hydrogen-bond acceptors (Lipinski definition) is 7. The molecule has 0 saturated carbocycles. The van der Waals surface area contributed by atoms with Crippen LogP contribution in [-0.2, 0) is 6.42 Å². The molecule has 1 aliphatic heterocycles. The molecule has 1 aliphatic rings. The van der Waals surface area contributed by atoms with Crippen molar-refractivity contribution >= 4 is 27.5 Å². The van der Waals surface area contributed by atoms with Gasteiger partial charge in [0.2, 0.25) is 0 Å². The molecule has 0 fully saturated rings. The third-order valence-electron chi connectivity index (χ3n) is 5.50. The van der Waals surface area contributed by atoms with Gasteiger partial charge >= 0.3 is 11.8 Å². The van der Waals surface area contributed by atoms with Gasteiger partial charge in [-0.2, -0.15) is 0 Å². The molecule has 1 atom stereocenters. The first kappa shape index (κ1) is 19.7. The number of amides is 1. The predicted molar refractivity (Wildman–Crippen MR) is 114 cm³/mol. The van der Waals surface area contributed by atoms with Gasteiger partial charge < -0.3 is 14.3 Å². The van der Waals surface area contributed by atoms with E-state index in [0.29, 0.717) is 29.7 Å². The number of aromatic amines is 1. The lowest BCUT2D eigenvalue weighted by molar-refractivity contribution is 0.0650. The van der Waals surface area contributed by atoms with Crippen LogP contribution in [0.4, 0.5) is 8.78 Å². The van der Waals surface area contributed by atoms with Crippen LogP contribution in [-0.4, -0.2) is 42.5 Å². The van der Waals surface area contributed by atoms with E-state index in [-0.39, 0.29) is 17.3 Å². The molecule has 164 valence electrons. The van der Waals surface area contributed by atoms with E-state index < -0.39 is 23.6 Å². The number of H-pyrrole nitrogens is 1. The van der Waals surface area contributed by atoms with Crippen molar-refractivity contribution in [3.63, 3.8) is 0 Å². The van der Waals surface area contributed by atoms with Crippen LogP contribution in [0.1, 0.15) is 33.1 Å². The minimum atomic E-state index is -0.857. The average Bonchev–Trinajstić information content (AvgIpc) is 3.56. The van der Waals surface area contributed by atoms with E-state index >= 15 is 0 Å². The Bertz CT molecular complexity index is 1480. The summed E-state index contributed by atoms with van der Waals surface area (Å²) in [4.78, 5) is 27.3. The van der Waals surface area contributed by atoms with E-state index in [1.165, 1.54) is 17.4 Å². The molecule has 0 saturated heterocycles. The van der Waals surface area contributed by atoms with Gasteiger partial charge in [-0.15, -0.1) is 21.5 Å². The highest BCUT2D eigenvalue weighted by Crippen LogP contribution is 2.38. The molecule has 0 unspecified atom stereocenters. The van der Waals surface area contributed by atoms with Gasteiger partial charge in [0, 0.05) is 24.7 Å². The zero-order chi connectivity index (χ0) is 22.5. The quantitative estimate of drug-likeness (QED) is 0.431. The van der Waals surface area contributed by atoms with Crippen molar-refractivity contribution in [2.75, 3.05) is 6.54 Å². The van der Waals surface area contributed by atoms with Gasteiger partial charge in [-0.05, 0) is 24.3 Å². The van der Waals surface area contributed by atoms with E-state index in [1.807, 2.05) is 24.3 Å². The van der Waals surface area contributed by atoms with Gasteiger partial charge in [-0.25, -0.2) is 18.7 Å². The molecular weight excluding hydrogens is 450 g/mol. The zero-order valence-corrected chi connectivity index (χ0v) is 17.6. The standard InChI is InChI=1S/C22H14F2N6O2S/c23-11-5-6-12(13(24)9-11)19-28-29-20(32-19)22(31)30-8-7-15-17(26-10-25-15)18(30)21-27-14-3-1-2-4-16(14)33-21/h1-6,9-10,18H,7-8H2,(H,25,26)/t18-/m0/s1. The Morgan fingerprint density at radius 3 is 2.91 bits per heavy atom. The first-order chi connectivity index (χ1) is 16.1. The number of aromatic nitrogens is 5. The van der Waals surface area contributed by atoms with E-state index in [4.69, 9.17) is 9.40 Å². The smallest absolute Gasteiger partial charge is 0.312 e. The summed E-state index contributed by atoms with van der Waals surface area (Å²) >= 11 is 1.48. The van der Waals surface area contributed by atoms with Gasteiger partial charge in [0.05, 0.1) is 27.8 Å². The number of benzene rings is 2. The van der Waals surface area contributed by atoms with Crippen LogP contribution in [0.5, 0.6) is 0 Å². The fourth-order valence-electron chi connectivity index (χ4n) is 3.96. The summed E-state index contributed by atoms with van der Waals surface area (Å²) in [6.07, 6.45) is 2.16. The highest BCUT2D eigenvalue weighted by atomic mass is 32.1. The molecule has 0 bridgehead atoms. The summed E-state index contributed by atoms with van der Waals surface area (Å²) in [5.41, 5.74) is 2.39. The summed E-state index contributed by atoms with van der Waals surface area (Å²) in [6.45, 7) is 0.372. The largest absolute Gasteiger partial charge is 0.412 e. The van der Waals surface area contributed by atoms with Gasteiger partial charge in [0.1, 0.15) is 22.7 Å². The molecule has 5 aromatic rings. The van der Waals surface area contributed by atoms with Crippen molar-refractivity contribution in [1.82, 2.24) is 30.0 Å². The number of rotatable bonds is 3. The maximum absolute atomic E-state index is 14.1. The maximum atomic E-state index is 14.1. The van der Waals surface area contributed by atoms with Crippen LogP contribution >= 0.6 is 11.3 Å². The van der Waals surface area contributed by atoms with Gasteiger partial charge in [-0.1, -0.05) is 12.1 Å². The highest BCUT2D eigenvalue weighted by molar-refractivity contribution is 7.18. The second kappa shape index (κ2) is 7.55. The van der Waals surface area contributed by atoms with Gasteiger partial charge in [0.25, 0.3) is 5.89 Å². The molecule has 4 heterocycles. The molecule has 0 aliphatic carbocycles. The highest BCUT2D eigenvalue weighted by Gasteiger charge is 2.38. The number of carbonyl (C=O) groups excluding carboxylic acids is 1. The number of halogens is 2. The monoisotopic (exact) mass is 464 g/mol. The molecule has 1 N–H and O–H groups in total. The predicted octanol–water partition coefficient (Wildman–Crippen LogP) is 4.14. The number of nitrogens with zero attached hydrogens (tertiary/aromatic N) is 5. The molecule has 8 nitrogen and oxygen atoms in total. The van der Waals surface area contributed by atoms with Crippen LogP contribution in [0.2, 0.25) is 0 Å². The Labute approximate surface area is 188 Å². The van der Waals surface area contributed by atoms with Crippen molar-refractivity contribution in [2.24, 2.45) is 0 Å². The Balaban J connectivity index is 1.39. The number of hydrogen-bond donors (Lipinski definition) is 1. The molecule has 0 spiro atoms. The molecule has 33 heavy (non-hydrogen) atoms. The summed E-state index contributed by atoms with van der Waals surface area (Å²) in [5.74, 6) is -2.60. The molecule has 1 amide bonds. The molecule has 3 aromatic heterocycles. The van der Waals surface area contributed by atoms with Crippen molar-refractivity contribution in [3.8, 4) is 11.5 Å². The minimum absolute atomic E-state index is 0.0843. The van der Waals surface area contributed by atoms with Gasteiger partial charge in [0.15, 0.2) is 0 Å². The number of thiazole rings is 1. The van der Waals surface area contributed by atoms with Gasteiger partial charge in [-0.3, -0.25) is 4.79 Å². The fraction of sp³-hybridized carbons (Fsp3) is 0.136. The van der Waals surface area contributed by atoms with Crippen molar-refractivity contribution in [1.29, 1.82) is 0 Å². The SMILES string of the molecule is O=C(c1nnc(-c2ccc(F)cc2F)o1)N1CCc2[nH]cnc2[C@H]1c1nc2ccccc2s1. The lowest BCUT2D eigenvalue weighted by Crippen LogP contribution is -2.41.